The van der Waals surface area contributed by atoms with Gasteiger partial charge in [0.05, 0.1) is 17.9 Å². The molecule has 1 aromatic carbocycles. The predicted octanol–water partition coefficient (Wildman–Crippen LogP) is 1.64. The summed E-state index contributed by atoms with van der Waals surface area (Å²) in [6.07, 6.45) is 3.39. The molecule has 92 valence electrons. The van der Waals surface area contributed by atoms with E-state index in [1.54, 1.807) is 6.07 Å². The monoisotopic (exact) mass is 233 g/mol. The van der Waals surface area contributed by atoms with Gasteiger partial charge in [-0.1, -0.05) is 6.42 Å². The van der Waals surface area contributed by atoms with Crippen LogP contribution in [0.4, 0.5) is 11.4 Å². The van der Waals surface area contributed by atoms with Crippen LogP contribution in [0.15, 0.2) is 18.2 Å². The van der Waals surface area contributed by atoms with E-state index in [0.717, 1.165) is 38.0 Å². The van der Waals surface area contributed by atoms with Crippen molar-refractivity contribution in [2.45, 2.75) is 19.3 Å². The summed E-state index contributed by atoms with van der Waals surface area (Å²) in [5, 5.41) is 6.47. The number of Topliss-reactive ketones (excluding diaryl/α,β-unsaturated/α-hetero) is 1. The van der Waals surface area contributed by atoms with E-state index < -0.39 is 0 Å². The molecule has 2 aliphatic rings. The molecule has 2 bridgehead atoms. The van der Waals surface area contributed by atoms with Crippen LogP contribution in [0.3, 0.4) is 0 Å². The van der Waals surface area contributed by atoms with Gasteiger partial charge in [0, 0.05) is 12.1 Å². The first kappa shape index (κ1) is 11.9. The Morgan fingerprint density at radius 1 is 1.12 bits per heavy atom. The molecule has 0 amide bonds. The van der Waals surface area contributed by atoms with Gasteiger partial charge in [-0.3, -0.25) is 4.79 Å². The number of carbonyl (C=O) groups excluding carboxylic acids is 1. The number of fused-ring (bicyclic) bond motifs is 10. The molecule has 0 atom stereocenters. The summed E-state index contributed by atoms with van der Waals surface area (Å²) in [5.41, 5.74) is 8.17. The van der Waals surface area contributed by atoms with Crippen molar-refractivity contribution < 1.29 is 4.79 Å². The number of hydrogen-bond acceptors (Lipinski definition) is 4. The molecular weight excluding hydrogens is 214 g/mol. The highest BCUT2D eigenvalue weighted by Crippen LogP contribution is 2.20. The second-order valence-corrected chi connectivity index (χ2v) is 4.39. The molecule has 4 N–H and O–H groups in total. The van der Waals surface area contributed by atoms with Gasteiger partial charge in [-0.2, -0.15) is 0 Å². The van der Waals surface area contributed by atoms with Crippen molar-refractivity contribution in [3.05, 3.63) is 23.8 Å². The van der Waals surface area contributed by atoms with Crippen molar-refractivity contribution in [3.63, 3.8) is 0 Å². The van der Waals surface area contributed by atoms with Crippen molar-refractivity contribution in [3.8, 4) is 0 Å². The fourth-order valence-electron chi connectivity index (χ4n) is 1.98. The third kappa shape index (κ3) is 3.20. The van der Waals surface area contributed by atoms with Gasteiger partial charge in [-0.15, -0.1) is 0 Å². The summed E-state index contributed by atoms with van der Waals surface area (Å²) in [6.45, 7) is 2.22. The summed E-state index contributed by atoms with van der Waals surface area (Å²) in [4.78, 5) is 11.8. The minimum absolute atomic E-state index is 0.0995. The SMILES string of the molecule is Nc1cc2ccc1NCCCCCNCC2=O. The van der Waals surface area contributed by atoms with Gasteiger partial charge in [0.2, 0.25) is 0 Å². The molecule has 0 aromatic heterocycles. The maximum Gasteiger partial charge on any atom is 0.176 e. The van der Waals surface area contributed by atoms with Crippen LogP contribution in [-0.4, -0.2) is 25.4 Å². The van der Waals surface area contributed by atoms with E-state index in [4.69, 9.17) is 5.73 Å². The zero-order valence-electron chi connectivity index (χ0n) is 9.96. The molecule has 1 aromatic rings. The number of nitrogens with two attached hydrogens (primary N) is 1. The molecule has 0 fully saturated rings. The number of carbonyl (C=O) groups is 1. The zero-order chi connectivity index (χ0) is 12.1. The summed E-state index contributed by atoms with van der Waals surface area (Å²) in [7, 11) is 0. The van der Waals surface area contributed by atoms with Crippen molar-refractivity contribution >= 4 is 17.2 Å². The normalized spacial score (nSPS) is 17.8. The van der Waals surface area contributed by atoms with Crippen LogP contribution < -0.4 is 16.4 Å². The van der Waals surface area contributed by atoms with Gasteiger partial charge >= 0.3 is 0 Å². The predicted molar refractivity (Wildman–Crippen MR) is 70.4 cm³/mol. The molecule has 2 aliphatic heterocycles. The molecule has 4 nitrogen and oxygen atoms in total. The molecule has 0 saturated carbocycles. The minimum Gasteiger partial charge on any atom is -0.397 e. The molecule has 0 saturated heterocycles. The fourth-order valence-corrected chi connectivity index (χ4v) is 1.98. The van der Waals surface area contributed by atoms with Crippen LogP contribution in [0.25, 0.3) is 0 Å². The smallest absolute Gasteiger partial charge is 0.176 e. The highest BCUT2D eigenvalue weighted by Gasteiger charge is 2.08. The number of anilines is 2. The van der Waals surface area contributed by atoms with E-state index in [2.05, 4.69) is 10.6 Å². The molecular formula is C13H19N3O. The van der Waals surface area contributed by atoms with Crippen LogP contribution in [0.1, 0.15) is 29.6 Å². The van der Waals surface area contributed by atoms with E-state index in [0.29, 0.717) is 17.8 Å². The van der Waals surface area contributed by atoms with E-state index in [-0.39, 0.29) is 5.78 Å². The summed E-state index contributed by atoms with van der Waals surface area (Å²) in [5.74, 6) is 0.0995. The topological polar surface area (TPSA) is 67.2 Å². The average molecular weight is 233 g/mol. The van der Waals surface area contributed by atoms with Crippen molar-refractivity contribution in [2.24, 2.45) is 0 Å². The van der Waals surface area contributed by atoms with Gasteiger partial charge < -0.3 is 16.4 Å². The number of rotatable bonds is 0. The third-order valence-corrected chi connectivity index (χ3v) is 3.00. The second-order valence-electron chi connectivity index (χ2n) is 4.39. The Balaban J connectivity index is 2.18. The lowest BCUT2D eigenvalue weighted by Gasteiger charge is -2.09. The van der Waals surface area contributed by atoms with Gasteiger partial charge in [0.15, 0.2) is 5.78 Å². The van der Waals surface area contributed by atoms with E-state index in [1.807, 2.05) is 12.1 Å². The minimum atomic E-state index is 0.0995. The Morgan fingerprint density at radius 2 is 1.94 bits per heavy atom. The van der Waals surface area contributed by atoms with Gasteiger partial charge in [-0.05, 0) is 37.6 Å². The number of ketones is 1. The summed E-state index contributed by atoms with van der Waals surface area (Å²) < 4.78 is 0. The van der Waals surface area contributed by atoms with Crippen molar-refractivity contribution in [2.75, 3.05) is 30.7 Å². The lowest BCUT2D eigenvalue weighted by Crippen LogP contribution is -2.24. The Morgan fingerprint density at radius 3 is 2.76 bits per heavy atom. The number of hydrogen-bond donors (Lipinski definition) is 3. The molecule has 4 heteroatoms. The Bertz CT molecular complexity index is 404. The standard InChI is InChI=1S/C13H19N3O/c14-11-8-10-4-5-12(11)16-7-3-1-2-6-15-9-13(10)17/h4-5,8,15-16H,1-3,6-7,9,14H2. The molecule has 2 heterocycles. The number of nitrogens with one attached hydrogen (secondary N) is 2. The average Bonchev–Trinajstić information content (AvgIpc) is 2.35. The summed E-state index contributed by atoms with van der Waals surface area (Å²) in [6, 6.07) is 5.48. The molecule has 0 radical (unpaired) electrons. The molecule has 0 unspecified atom stereocenters. The largest absolute Gasteiger partial charge is 0.397 e. The molecule has 0 spiro atoms. The van der Waals surface area contributed by atoms with Gasteiger partial charge in [-0.25, -0.2) is 0 Å². The van der Waals surface area contributed by atoms with Gasteiger partial charge in [0.25, 0.3) is 0 Å². The van der Waals surface area contributed by atoms with Crippen LogP contribution in [0.5, 0.6) is 0 Å². The van der Waals surface area contributed by atoms with Crippen LogP contribution in [-0.2, 0) is 0 Å². The first-order valence-corrected chi connectivity index (χ1v) is 6.15. The van der Waals surface area contributed by atoms with Crippen molar-refractivity contribution in [1.82, 2.24) is 5.32 Å². The number of nitrogen functional groups attached to an aromatic ring is 1. The Hall–Kier alpha value is -1.55. The Labute approximate surface area is 102 Å². The van der Waals surface area contributed by atoms with Crippen LogP contribution in [0.2, 0.25) is 0 Å². The highest BCUT2D eigenvalue weighted by atomic mass is 16.1. The summed E-state index contributed by atoms with van der Waals surface area (Å²) >= 11 is 0. The van der Waals surface area contributed by atoms with Crippen molar-refractivity contribution in [1.29, 1.82) is 0 Å². The molecule has 17 heavy (non-hydrogen) atoms. The third-order valence-electron chi connectivity index (χ3n) is 3.00. The van der Waals surface area contributed by atoms with E-state index in [1.165, 1.54) is 0 Å². The molecule has 0 aliphatic carbocycles. The van der Waals surface area contributed by atoms with Crippen LogP contribution in [0, 0.1) is 0 Å². The lowest BCUT2D eigenvalue weighted by molar-refractivity contribution is 0.0991. The fraction of sp³-hybridized carbons (Fsp3) is 0.462. The van der Waals surface area contributed by atoms with Crippen LogP contribution >= 0.6 is 0 Å². The Kier molecular flexibility index (Phi) is 3.98. The second kappa shape index (κ2) is 5.68. The number of benzene rings is 1. The van der Waals surface area contributed by atoms with E-state index in [9.17, 15) is 4.79 Å². The first-order valence-electron chi connectivity index (χ1n) is 6.15. The van der Waals surface area contributed by atoms with E-state index >= 15 is 0 Å². The maximum absolute atomic E-state index is 11.8. The zero-order valence-corrected chi connectivity index (χ0v) is 9.96. The van der Waals surface area contributed by atoms with Gasteiger partial charge in [0.1, 0.15) is 0 Å². The maximum atomic E-state index is 11.8. The first-order chi connectivity index (χ1) is 8.27. The quantitative estimate of drug-likeness (QED) is 0.596. The lowest BCUT2D eigenvalue weighted by atomic mass is 10.1. The molecule has 3 rings (SSSR count). The highest BCUT2D eigenvalue weighted by molar-refractivity contribution is 5.99.